The van der Waals surface area contributed by atoms with Gasteiger partial charge in [0, 0.05) is 37.7 Å². The highest BCUT2D eigenvalue weighted by Gasteiger charge is 2.46. The fourth-order valence-corrected chi connectivity index (χ4v) is 4.65. The number of methoxy groups -OCH3 is 1. The van der Waals surface area contributed by atoms with E-state index in [9.17, 15) is 5.11 Å². The molecule has 0 radical (unpaired) electrons. The van der Waals surface area contributed by atoms with Crippen molar-refractivity contribution in [2.24, 2.45) is 9.98 Å². The van der Waals surface area contributed by atoms with Crippen LogP contribution in [0.3, 0.4) is 0 Å². The summed E-state index contributed by atoms with van der Waals surface area (Å²) in [5.74, 6) is 1.90. The number of thioether (sulfide) groups is 1. The number of H-pyrrole nitrogens is 1. The zero-order valence-corrected chi connectivity index (χ0v) is 21.5. The molecule has 192 valence electrons. The Kier molecular flexibility index (Phi) is 7.27. The van der Waals surface area contributed by atoms with Crippen molar-refractivity contribution in [1.29, 1.82) is 0 Å². The first-order valence-electron chi connectivity index (χ1n) is 12.1. The Morgan fingerprint density at radius 3 is 2.83 bits per heavy atom. The van der Waals surface area contributed by atoms with Crippen LogP contribution in [0.15, 0.2) is 63.2 Å². The molecule has 0 aromatic carbocycles. The SMILES string of the molecule is COCC1(OC2=CC(OC3=CC=NC(SC)=CN3)CC(c3ccc(C4=NC(CO)C(C)O4)[nH]3)=C2)CC1. The summed E-state index contributed by atoms with van der Waals surface area (Å²) >= 11 is 1.56. The Morgan fingerprint density at radius 1 is 1.28 bits per heavy atom. The Labute approximate surface area is 215 Å². The molecule has 1 saturated carbocycles. The van der Waals surface area contributed by atoms with Crippen molar-refractivity contribution in [2.45, 2.75) is 50.0 Å². The van der Waals surface area contributed by atoms with Gasteiger partial charge in [0.05, 0.1) is 13.2 Å². The summed E-state index contributed by atoms with van der Waals surface area (Å²) < 4.78 is 24.0. The topological polar surface area (TPSA) is 110 Å². The van der Waals surface area contributed by atoms with Gasteiger partial charge in [-0.1, -0.05) is 0 Å². The lowest BCUT2D eigenvalue weighted by atomic mass is 9.98. The molecule has 1 aromatic rings. The second-order valence-electron chi connectivity index (χ2n) is 9.25. The molecule has 36 heavy (non-hydrogen) atoms. The number of allylic oxidation sites excluding steroid dienone is 2. The molecule has 3 unspecified atom stereocenters. The van der Waals surface area contributed by atoms with Crippen LogP contribution in [0.4, 0.5) is 0 Å². The number of aromatic amines is 1. The molecule has 4 aliphatic rings. The van der Waals surface area contributed by atoms with Crippen LogP contribution in [0, 0.1) is 0 Å². The number of aliphatic hydroxyl groups is 1. The number of rotatable bonds is 10. The van der Waals surface area contributed by atoms with Gasteiger partial charge in [0.2, 0.25) is 5.90 Å². The molecule has 1 aromatic heterocycles. The molecule has 0 amide bonds. The van der Waals surface area contributed by atoms with Crippen molar-refractivity contribution in [3.63, 3.8) is 0 Å². The van der Waals surface area contributed by atoms with E-state index < -0.39 is 0 Å². The van der Waals surface area contributed by atoms with Gasteiger partial charge in [-0.05, 0) is 55.9 Å². The Morgan fingerprint density at radius 2 is 2.11 bits per heavy atom. The molecule has 5 rings (SSSR count). The summed E-state index contributed by atoms with van der Waals surface area (Å²) in [5.41, 5.74) is 2.49. The van der Waals surface area contributed by atoms with Gasteiger partial charge in [-0.15, -0.1) is 11.8 Å². The number of aromatic nitrogens is 1. The number of hydrogen-bond donors (Lipinski definition) is 3. The zero-order valence-electron chi connectivity index (χ0n) is 20.7. The van der Waals surface area contributed by atoms with E-state index in [2.05, 4.69) is 26.4 Å². The highest BCUT2D eigenvalue weighted by atomic mass is 32.2. The zero-order chi connectivity index (χ0) is 25.1. The summed E-state index contributed by atoms with van der Waals surface area (Å²) in [5, 5.41) is 13.6. The minimum atomic E-state index is -0.269. The number of hydrogen-bond acceptors (Lipinski definition) is 9. The van der Waals surface area contributed by atoms with Gasteiger partial charge in [-0.3, -0.25) is 0 Å². The highest BCUT2D eigenvalue weighted by molar-refractivity contribution is 8.02. The molecule has 2 aliphatic heterocycles. The molecule has 3 N–H and O–H groups in total. The number of nitrogens with one attached hydrogen (secondary N) is 2. The van der Waals surface area contributed by atoms with Crippen LogP contribution in [0.5, 0.6) is 0 Å². The van der Waals surface area contributed by atoms with E-state index in [1.54, 1.807) is 25.1 Å². The Bertz CT molecular complexity index is 1160. The van der Waals surface area contributed by atoms with Crippen LogP contribution in [-0.4, -0.2) is 72.6 Å². The number of aliphatic hydroxyl groups excluding tert-OH is 1. The second kappa shape index (κ2) is 10.6. The van der Waals surface area contributed by atoms with Crippen LogP contribution >= 0.6 is 11.8 Å². The lowest BCUT2D eigenvalue weighted by molar-refractivity contribution is 0.0198. The third kappa shape index (κ3) is 5.55. The lowest BCUT2D eigenvalue weighted by Gasteiger charge is -2.26. The molecule has 1 fully saturated rings. The first-order valence-corrected chi connectivity index (χ1v) is 13.3. The fourth-order valence-electron chi connectivity index (χ4n) is 4.31. The molecule has 10 heteroatoms. The molecule has 9 nitrogen and oxygen atoms in total. The van der Waals surface area contributed by atoms with E-state index in [0.717, 1.165) is 40.6 Å². The maximum atomic E-state index is 9.51. The fraction of sp³-hybridized carbons (Fsp3) is 0.462. The molecular formula is C26H32N4O5S. The largest absolute Gasteiger partial charge is 0.485 e. The van der Waals surface area contributed by atoms with Crippen molar-refractivity contribution in [3.8, 4) is 0 Å². The highest BCUT2D eigenvalue weighted by Crippen LogP contribution is 2.43. The normalized spacial score (nSPS) is 26.4. The molecule has 3 heterocycles. The van der Waals surface area contributed by atoms with Crippen LogP contribution < -0.4 is 5.32 Å². The van der Waals surface area contributed by atoms with Crippen molar-refractivity contribution < 1.29 is 24.1 Å². The van der Waals surface area contributed by atoms with Crippen molar-refractivity contribution >= 4 is 29.4 Å². The summed E-state index contributed by atoms with van der Waals surface area (Å²) in [4.78, 5) is 12.3. The molecular weight excluding hydrogens is 480 g/mol. The minimum absolute atomic E-state index is 0.0423. The first kappa shape index (κ1) is 24.7. The standard InChI is InChI=1S/C26H32N4O5S/c1-16-22(14-31)30-25(33-16)21-5-4-20(29-21)17-10-18(34-23-6-9-27-24(36-3)13-28-23)12-19(11-17)35-26(7-8-26)15-32-2/h4-6,9,11-13,16,18,22,28-29,31H,7-8,10,14-15H2,1-3H3. The molecule has 3 atom stereocenters. The summed E-state index contributed by atoms with van der Waals surface area (Å²) in [6.45, 7) is 2.42. The Balaban J connectivity index is 1.37. The van der Waals surface area contributed by atoms with Gasteiger partial charge in [0.1, 0.15) is 40.3 Å². The van der Waals surface area contributed by atoms with Crippen LogP contribution in [-0.2, 0) is 18.9 Å². The van der Waals surface area contributed by atoms with Gasteiger partial charge < -0.3 is 34.4 Å². The monoisotopic (exact) mass is 512 g/mol. The predicted molar refractivity (Wildman–Crippen MR) is 141 cm³/mol. The van der Waals surface area contributed by atoms with Crippen molar-refractivity contribution in [3.05, 3.63) is 64.6 Å². The van der Waals surface area contributed by atoms with E-state index in [-0.39, 0.29) is 30.5 Å². The number of nitrogens with zero attached hydrogens (tertiary/aromatic N) is 2. The molecule has 0 saturated heterocycles. The quantitative estimate of drug-likeness (QED) is 0.440. The average molecular weight is 513 g/mol. The van der Waals surface area contributed by atoms with Crippen LogP contribution in [0.1, 0.15) is 37.6 Å². The smallest absolute Gasteiger partial charge is 0.233 e. The third-order valence-electron chi connectivity index (χ3n) is 6.46. The van der Waals surface area contributed by atoms with Crippen molar-refractivity contribution in [2.75, 3.05) is 26.6 Å². The third-order valence-corrected chi connectivity index (χ3v) is 7.10. The molecule has 0 bridgehead atoms. The molecule has 2 aliphatic carbocycles. The predicted octanol–water partition coefficient (Wildman–Crippen LogP) is 3.47. The van der Waals surface area contributed by atoms with Crippen LogP contribution in [0.2, 0.25) is 0 Å². The summed E-state index contributed by atoms with van der Waals surface area (Å²) in [6.07, 6.45) is 13.6. The number of ether oxygens (including phenoxy) is 4. The maximum Gasteiger partial charge on any atom is 0.233 e. The molecule has 0 spiro atoms. The van der Waals surface area contributed by atoms with Gasteiger partial charge >= 0.3 is 0 Å². The van der Waals surface area contributed by atoms with Crippen LogP contribution in [0.25, 0.3) is 5.57 Å². The van der Waals surface area contributed by atoms with E-state index in [4.69, 9.17) is 18.9 Å². The van der Waals surface area contributed by atoms with Gasteiger partial charge in [-0.2, -0.15) is 0 Å². The van der Waals surface area contributed by atoms with Gasteiger partial charge in [0.25, 0.3) is 0 Å². The van der Waals surface area contributed by atoms with E-state index in [1.165, 1.54) is 0 Å². The lowest BCUT2D eigenvalue weighted by Crippen LogP contribution is -2.24. The maximum absolute atomic E-state index is 9.51. The van der Waals surface area contributed by atoms with Gasteiger partial charge in [-0.25, -0.2) is 9.98 Å². The van der Waals surface area contributed by atoms with Gasteiger partial charge in [0.15, 0.2) is 5.88 Å². The van der Waals surface area contributed by atoms with E-state index >= 15 is 0 Å². The van der Waals surface area contributed by atoms with E-state index in [1.807, 2.05) is 43.7 Å². The van der Waals surface area contributed by atoms with Crippen molar-refractivity contribution in [1.82, 2.24) is 10.3 Å². The van der Waals surface area contributed by atoms with E-state index in [0.29, 0.717) is 24.8 Å². The number of aliphatic imine (C=N–C) groups is 2. The minimum Gasteiger partial charge on any atom is -0.485 e. The summed E-state index contributed by atoms with van der Waals surface area (Å²) in [6, 6.07) is 3.71. The first-order chi connectivity index (χ1) is 17.5. The second-order valence-corrected chi connectivity index (χ2v) is 10.1. The average Bonchev–Trinajstić information content (AvgIpc) is 3.33. The summed E-state index contributed by atoms with van der Waals surface area (Å²) in [7, 11) is 1.70. The Hall–Kier alpha value is -2.95.